The van der Waals surface area contributed by atoms with E-state index in [4.69, 9.17) is 10.5 Å². The minimum absolute atomic E-state index is 0.111. The third kappa shape index (κ3) is 6.85. The summed E-state index contributed by atoms with van der Waals surface area (Å²) in [6, 6.07) is 0. The van der Waals surface area contributed by atoms with Crippen molar-refractivity contribution in [3.05, 3.63) is 35.2 Å². The van der Waals surface area contributed by atoms with Crippen LogP contribution in [0.3, 0.4) is 0 Å². The molecule has 10 N–H and O–H groups in total. The number of carbonyl (C=O) groups is 1. The van der Waals surface area contributed by atoms with E-state index < -0.39 is 63.9 Å². The molecule has 316 valence electrons. The van der Waals surface area contributed by atoms with E-state index in [1.54, 1.807) is 13.8 Å². The number of hydrogen-bond donors (Lipinski definition) is 9. The molecule has 11 nitrogen and oxygen atoms in total. The van der Waals surface area contributed by atoms with E-state index in [1.807, 2.05) is 25.3 Å². The molecule has 2 aliphatic heterocycles. The lowest BCUT2D eigenvalue weighted by molar-refractivity contribution is -0.248. The minimum Gasteiger partial charge on any atom is -0.392 e. The van der Waals surface area contributed by atoms with Crippen molar-refractivity contribution >= 4 is 5.78 Å². The molecular weight excluding hydrogens is 711 g/mol. The van der Waals surface area contributed by atoms with Crippen molar-refractivity contribution in [3.8, 4) is 0 Å². The highest BCUT2D eigenvalue weighted by atomic mass is 16.5. The van der Waals surface area contributed by atoms with Gasteiger partial charge in [-0.15, -0.1) is 0 Å². The number of ketones is 1. The molecule has 0 spiro atoms. The second-order valence-electron chi connectivity index (χ2n) is 19.8. The largest absolute Gasteiger partial charge is 0.392 e. The first-order valence-electron chi connectivity index (χ1n) is 22.3. The van der Waals surface area contributed by atoms with Gasteiger partial charge in [-0.2, -0.15) is 0 Å². The van der Waals surface area contributed by atoms with Crippen LogP contribution in [0.1, 0.15) is 137 Å². The predicted octanol–water partition coefficient (Wildman–Crippen LogP) is 4.24. The number of dihydropyridines is 1. The fraction of sp³-hybridized carbons (Fsp3) is 0.844. The fourth-order valence-corrected chi connectivity index (χ4v) is 13.6. The van der Waals surface area contributed by atoms with Gasteiger partial charge in [-0.1, -0.05) is 58.4 Å². The summed E-state index contributed by atoms with van der Waals surface area (Å²) >= 11 is 0. The van der Waals surface area contributed by atoms with Crippen LogP contribution in [0.2, 0.25) is 0 Å². The highest BCUT2D eigenvalue weighted by molar-refractivity contribution is 6.00. The molecule has 0 radical (unpaired) electrons. The molecule has 15 unspecified atom stereocenters. The van der Waals surface area contributed by atoms with Crippen molar-refractivity contribution in [1.82, 2.24) is 10.6 Å². The van der Waals surface area contributed by atoms with Crippen molar-refractivity contribution in [2.45, 2.75) is 184 Å². The average Bonchev–Trinajstić information content (AvgIpc) is 3.64. The molecule has 7 aliphatic rings. The highest BCUT2D eigenvalue weighted by Crippen LogP contribution is 2.71. The Bertz CT molecular complexity index is 1550. The van der Waals surface area contributed by atoms with Crippen LogP contribution in [0.5, 0.6) is 0 Å². The maximum Gasteiger partial charge on any atom is 0.182 e. The molecule has 0 aromatic heterocycles. The zero-order valence-corrected chi connectivity index (χ0v) is 34.5. The van der Waals surface area contributed by atoms with Gasteiger partial charge in [0.15, 0.2) is 5.78 Å². The second-order valence-corrected chi connectivity index (χ2v) is 19.8. The van der Waals surface area contributed by atoms with Crippen LogP contribution in [-0.2, 0) is 9.53 Å². The summed E-state index contributed by atoms with van der Waals surface area (Å²) in [4.78, 5) is 15.0. The maximum absolute atomic E-state index is 15.0. The van der Waals surface area contributed by atoms with Gasteiger partial charge in [-0.25, -0.2) is 0 Å². The number of Topliss-reactive ketones (excluding diaryl/α,β-unsaturated/α-hetero) is 1. The summed E-state index contributed by atoms with van der Waals surface area (Å²) in [5.74, 6) is -1.08. The standard InChI is InChI=1S/C45H73N3O8/c1-5-6-7-8-11-29-26-56-40-30(29)12-9-10-18-45(40,55)42(4,53)35-17-21-44(54)37-31(16-19-41(35,44)3)43(20-15-28-13-14-36(46)47-25-28)23-34(51)33(50)22-32(43)39(52)38(37)48-24-27(2)49/h13-14,25,27,29-36,40,47-51,53-55H,5-12,15-24,26,46H2,1-4H3. The number of allylic oxidation sites excluding steroid dienone is 3. The zero-order chi connectivity index (χ0) is 40.3. The van der Waals surface area contributed by atoms with E-state index >= 15 is 4.79 Å². The molecule has 7 rings (SSSR count). The number of hydrogen-bond acceptors (Lipinski definition) is 11. The number of fused-ring (bicyclic) bond motifs is 6. The molecule has 1 saturated heterocycles. The number of aliphatic hydroxyl groups is 6. The van der Waals surface area contributed by atoms with Crippen LogP contribution in [0.25, 0.3) is 0 Å². The molecule has 0 aromatic rings. The van der Waals surface area contributed by atoms with E-state index in [9.17, 15) is 30.6 Å². The third-order valence-electron chi connectivity index (χ3n) is 16.7. The molecule has 0 aromatic carbocycles. The monoisotopic (exact) mass is 784 g/mol. The van der Waals surface area contributed by atoms with Crippen LogP contribution >= 0.6 is 0 Å². The Hall–Kier alpha value is -1.83. The van der Waals surface area contributed by atoms with Crippen LogP contribution < -0.4 is 16.4 Å². The molecule has 4 saturated carbocycles. The van der Waals surface area contributed by atoms with Gasteiger partial charge in [0.2, 0.25) is 0 Å². The predicted molar refractivity (Wildman–Crippen MR) is 214 cm³/mol. The van der Waals surface area contributed by atoms with Gasteiger partial charge in [-0.3, -0.25) is 4.79 Å². The lowest BCUT2D eigenvalue weighted by Crippen LogP contribution is -2.69. The zero-order valence-electron chi connectivity index (χ0n) is 34.5. The molecule has 0 bridgehead atoms. The second kappa shape index (κ2) is 16.0. The van der Waals surface area contributed by atoms with E-state index in [0.29, 0.717) is 68.7 Å². The van der Waals surface area contributed by atoms with Gasteiger partial charge in [0.25, 0.3) is 0 Å². The van der Waals surface area contributed by atoms with E-state index in [0.717, 1.165) is 37.7 Å². The average molecular weight is 784 g/mol. The number of unbranched alkanes of at least 4 members (excludes halogenated alkanes) is 3. The molecule has 15 atom stereocenters. The third-order valence-corrected chi connectivity index (χ3v) is 16.7. The summed E-state index contributed by atoms with van der Waals surface area (Å²) in [6.45, 7) is 8.42. The van der Waals surface area contributed by atoms with E-state index in [1.165, 1.54) is 19.3 Å². The number of ether oxygens (including phenoxy) is 1. The summed E-state index contributed by atoms with van der Waals surface area (Å²) in [5, 5.41) is 79.0. The molecule has 11 heteroatoms. The van der Waals surface area contributed by atoms with Crippen molar-refractivity contribution < 1.29 is 40.2 Å². The van der Waals surface area contributed by atoms with Gasteiger partial charge < -0.3 is 51.7 Å². The number of nitrogens with two attached hydrogens (primary N) is 1. The molecule has 0 amide bonds. The van der Waals surface area contributed by atoms with Gasteiger partial charge in [0.05, 0.1) is 54.1 Å². The van der Waals surface area contributed by atoms with Crippen LogP contribution in [0.15, 0.2) is 35.2 Å². The lowest BCUT2D eigenvalue weighted by Gasteiger charge is -2.63. The fourth-order valence-electron chi connectivity index (χ4n) is 13.6. The van der Waals surface area contributed by atoms with Gasteiger partial charge in [0.1, 0.15) is 5.60 Å². The Morgan fingerprint density at radius 2 is 1.86 bits per heavy atom. The summed E-state index contributed by atoms with van der Waals surface area (Å²) < 4.78 is 6.58. The van der Waals surface area contributed by atoms with Gasteiger partial charge in [-0.05, 0) is 131 Å². The number of aliphatic hydroxyl groups excluding tert-OH is 3. The smallest absolute Gasteiger partial charge is 0.182 e. The Morgan fingerprint density at radius 1 is 1.07 bits per heavy atom. The molecule has 56 heavy (non-hydrogen) atoms. The van der Waals surface area contributed by atoms with E-state index in [2.05, 4.69) is 17.6 Å². The normalized spacial score (nSPS) is 45.1. The minimum atomic E-state index is -1.60. The first-order valence-corrected chi connectivity index (χ1v) is 22.3. The number of rotatable bonds is 13. The Balaban J connectivity index is 1.26. The summed E-state index contributed by atoms with van der Waals surface area (Å²) in [6.07, 6.45) is 14.6. The number of carbonyl (C=O) groups excluding carboxylic acids is 1. The summed E-state index contributed by atoms with van der Waals surface area (Å²) in [7, 11) is 0. The van der Waals surface area contributed by atoms with Crippen molar-refractivity contribution in [2.75, 3.05) is 13.2 Å². The van der Waals surface area contributed by atoms with Crippen molar-refractivity contribution in [2.24, 2.45) is 46.2 Å². The van der Waals surface area contributed by atoms with Gasteiger partial charge >= 0.3 is 0 Å². The Kier molecular flexibility index (Phi) is 12.1. The highest BCUT2D eigenvalue weighted by Gasteiger charge is 2.73. The topological polar surface area (TPSA) is 198 Å². The van der Waals surface area contributed by atoms with Crippen molar-refractivity contribution in [1.29, 1.82) is 0 Å². The van der Waals surface area contributed by atoms with Crippen LogP contribution in [-0.4, -0.2) is 97.0 Å². The van der Waals surface area contributed by atoms with Crippen LogP contribution in [0.4, 0.5) is 0 Å². The maximum atomic E-state index is 15.0. The summed E-state index contributed by atoms with van der Waals surface area (Å²) in [5.41, 5.74) is 1.71. The molecule has 5 fully saturated rings. The first kappa shape index (κ1) is 42.3. The lowest BCUT2D eigenvalue weighted by atomic mass is 9.43. The quantitative estimate of drug-likeness (QED) is 0.121. The molecule has 5 aliphatic carbocycles. The van der Waals surface area contributed by atoms with Gasteiger partial charge in [0, 0.05) is 24.1 Å². The Morgan fingerprint density at radius 3 is 2.57 bits per heavy atom. The SMILES string of the molecule is CCCCCCC1COC2C1CCCCC2(O)C(C)(O)C1CCC2(O)C3=C(NCC(C)O)C(=O)C4CC(O)C(O)CC4(CCC4=CNC(N)C=C4)C3CCC12C. The first-order chi connectivity index (χ1) is 26.5. The number of nitrogens with one attached hydrogen (secondary N) is 2. The van der Waals surface area contributed by atoms with Crippen molar-refractivity contribution in [3.63, 3.8) is 0 Å². The Labute approximate surface area is 334 Å². The molecule has 2 heterocycles. The van der Waals surface area contributed by atoms with Crippen LogP contribution in [0, 0.1) is 40.4 Å². The molecular formula is C45H73N3O8. The van der Waals surface area contributed by atoms with E-state index in [-0.39, 0.29) is 43.2 Å².